The number of anilines is 1. The monoisotopic (exact) mass is 286 g/mol. The van der Waals surface area contributed by atoms with E-state index in [0.717, 1.165) is 5.56 Å². The van der Waals surface area contributed by atoms with Crippen LogP contribution in [0.2, 0.25) is 0 Å². The van der Waals surface area contributed by atoms with Crippen molar-refractivity contribution in [3.05, 3.63) is 53.7 Å². The molecule has 21 heavy (non-hydrogen) atoms. The van der Waals surface area contributed by atoms with E-state index in [1.807, 2.05) is 25.1 Å². The fourth-order valence-electron chi connectivity index (χ4n) is 1.71. The second-order valence-corrected chi connectivity index (χ2v) is 4.31. The van der Waals surface area contributed by atoms with Crippen LogP contribution in [0.15, 0.2) is 42.6 Å². The smallest absolute Gasteiger partial charge is 0.339 e. The summed E-state index contributed by atoms with van der Waals surface area (Å²) in [5.41, 5.74) is 0.844. The van der Waals surface area contributed by atoms with Crippen LogP contribution >= 0.6 is 0 Å². The van der Waals surface area contributed by atoms with Gasteiger partial charge < -0.3 is 15.2 Å². The number of nitrogens with one attached hydrogen (secondary N) is 1. The van der Waals surface area contributed by atoms with Gasteiger partial charge >= 0.3 is 5.97 Å². The average molecular weight is 286 g/mol. The molecule has 108 valence electrons. The van der Waals surface area contributed by atoms with Gasteiger partial charge in [0.1, 0.15) is 17.1 Å². The van der Waals surface area contributed by atoms with Crippen molar-refractivity contribution >= 4 is 17.7 Å². The summed E-state index contributed by atoms with van der Waals surface area (Å²) < 4.78 is 5.38. The number of carboxylic acid groups (broad SMARTS) is 1. The van der Waals surface area contributed by atoms with Crippen LogP contribution in [0.4, 0.5) is 5.82 Å². The first-order chi connectivity index (χ1) is 10.1. The molecule has 6 nitrogen and oxygen atoms in total. The molecule has 0 aliphatic heterocycles. The molecule has 0 spiro atoms. The average Bonchev–Trinajstić information content (AvgIpc) is 2.47. The zero-order valence-electron chi connectivity index (χ0n) is 11.4. The number of carbonyl (C=O) groups excluding carboxylic acids is 1. The number of hydrogen-bond acceptors (Lipinski definition) is 4. The molecular weight excluding hydrogens is 272 g/mol. The minimum atomic E-state index is -1.15. The van der Waals surface area contributed by atoms with Gasteiger partial charge in [-0.1, -0.05) is 18.2 Å². The summed E-state index contributed by atoms with van der Waals surface area (Å²) in [6, 6.07) is 10.2. The molecule has 0 saturated heterocycles. The number of aromatic nitrogens is 1. The van der Waals surface area contributed by atoms with Crippen LogP contribution in [-0.4, -0.2) is 28.6 Å². The summed E-state index contributed by atoms with van der Waals surface area (Å²) in [5, 5.41) is 11.4. The molecule has 2 aromatic rings. The summed E-state index contributed by atoms with van der Waals surface area (Å²) in [4.78, 5) is 26.7. The van der Waals surface area contributed by atoms with Crippen LogP contribution in [0.25, 0.3) is 0 Å². The quantitative estimate of drug-likeness (QED) is 0.878. The fraction of sp³-hybridized carbons (Fsp3) is 0.133. The Labute approximate surface area is 121 Å². The molecule has 0 aliphatic carbocycles. The predicted molar refractivity (Wildman–Crippen MR) is 76.5 cm³/mol. The molecule has 1 aromatic carbocycles. The number of para-hydroxylation sites is 1. The van der Waals surface area contributed by atoms with Crippen molar-refractivity contribution in [2.24, 2.45) is 0 Å². The summed E-state index contributed by atoms with van der Waals surface area (Å²) in [6.45, 7) is 1.65. The van der Waals surface area contributed by atoms with Gasteiger partial charge in [-0.25, -0.2) is 9.78 Å². The third kappa shape index (κ3) is 3.79. The van der Waals surface area contributed by atoms with E-state index < -0.39 is 11.9 Å². The molecule has 1 heterocycles. The second-order valence-electron chi connectivity index (χ2n) is 4.31. The van der Waals surface area contributed by atoms with Gasteiger partial charge in [-0.2, -0.15) is 0 Å². The van der Waals surface area contributed by atoms with E-state index in [0.29, 0.717) is 5.75 Å². The van der Waals surface area contributed by atoms with E-state index in [-0.39, 0.29) is 18.0 Å². The highest BCUT2D eigenvalue weighted by molar-refractivity contribution is 5.99. The highest BCUT2D eigenvalue weighted by Crippen LogP contribution is 2.16. The standard InChI is InChI=1S/C15H14N2O4/c1-10-5-2-3-7-12(10)21-9-13(18)17-14-11(15(19)20)6-4-8-16-14/h2-8H,9H2,1H3,(H,19,20)(H,16,17,18). The first kappa shape index (κ1) is 14.5. The van der Waals surface area contributed by atoms with Crippen molar-refractivity contribution in [2.45, 2.75) is 6.92 Å². The van der Waals surface area contributed by atoms with Gasteiger partial charge in [-0.3, -0.25) is 4.79 Å². The minimum absolute atomic E-state index is 0.00313. The van der Waals surface area contributed by atoms with Gasteiger partial charge in [0.2, 0.25) is 0 Å². The topological polar surface area (TPSA) is 88.5 Å². The van der Waals surface area contributed by atoms with E-state index >= 15 is 0 Å². The van der Waals surface area contributed by atoms with Crippen LogP contribution < -0.4 is 10.1 Å². The molecule has 0 atom stereocenters. The van der Waals surface area contributed by atoms with E-state index in [1.165, 1.54) is 18.3 Å². The molecule has 0 fully saturated rings. The summed E-state index contributed by atoms with van der Waals surface area (Å²) in [7, 11) is 0. The first-order valence-corrected chi connectivity index (χ1v) is 6.24. The lowest BCUT2D eigenvalue weighted by molar-refractivity contribution is -0.118. The zero-order chi connectivity index (χ0) is 15.2. The maximum atomic E-state index is 11.8. The number of aryl methyl sites for hydroxylation is 1. The molecule has 0 radical (unpaired) electrons. The number of aromatic carboxylic acids is 1. The molecule has 6 heteroatoms. The normalized spacial score (nSPS) is 9.95. The lowest BCUT2D eigenvalue weighted by Crippen LogP contribution is -2.22. The Hall–Kier alpha value is -2.89. The molecule has 1 amide bonds. The fourth-order valence-corrected chi connectivity index (χ4v) is 1.71. The van der Waals surface area contributed by atoms with E-state index in [9.17, 15) is 9.59 Å². The van der Waals surface area contributed by atoms with Crippen LogP contribution in [0.5, 0.6) is 5.75 Å². The number of benzene rings is 1. The van der Waals surface area contributed by atoms with Crippen molar-refractivity contribution in [3.8, 4) is 5.75 Å². The van der Waals surface area contributed by atoms with Gasteiger partial charge in [0.25, 0.3) is 5.91 Å². The SMILES string of the molecule is Cc1ccccc1OCC(=O)Nc1ncccc1C(=O)O. The molecule has 0 saturated carbocycles. The number of nitrogens with zero attached hydrogens (tertiary/aromatic N) is 1. The minimum Gasteiger partial charge on any atom is -0.483 e. The van der Waals surface area contributed by atoms with E-state index in [1.54, 1.807) is 6.07 Å². The Morgan fingerprint density at radius 1 is 1.24 bits per heavy atom. The van der Waals surface area contributed by atoms with Crippen molar-refractivity contribution in [1.29, 1.82) is 0 Å². The third-order valence-corrected chi connectivity index (χ3v) is 2.75. The maximum absolute atomic E-state index is 11.8. The predicted octanol–water partition coefficient (Wildman–Crippen LogP) is 2.11. The summed E-state index contributed by atoms with van der Waals surface area (Å²) >= 11 is 0. The Bertz CT molecular complexity index is 670. The molecular formula is C15H14N2O4. The number of carbonyl (C=O) groups is 2. The molecule has 2 rings (SSSR count). The maximum Gasteiger partial charge on any atom is 0.339 e. The Morgan fingerprint density at radius 3 is 2.71 bits per heavy atom. The number of amides is 1. The van der Waals surface area contributed by atoms with Crippen LogP contribution in [0.3, 0.4) is 0 Å². The van der Waals surface area contributed by atoms with Crippen LogP contribution in [-0.2, 0) is 4.79 Å². The highest BCUT2D eigenvalue weighted by atomic mass is 16.5. The van der Waals surface area contributed by atoms with Crippen molar-refractivity contribution in [2.75, 3.05) is 11.9 Å². The zero-order valence-corrected chi connectivity index (χ0v) is 11.4. The Balaban J connectivity index is 2.00. The van der Waals surface area contributed by atoms with Gasteiger partial charge in [0, 0.05) is 6.20 Å². The number of rotatable bonds is 5. The molecule has 0 bridgehead atoms. The highest BCUT2D eigenvalue weighted by Gasteiger charge is 2.13. The number of carboxylic acids is 1. The summed E-state index contributed by atoms with van der Waals surface area (Å²) in [6.07, 6.45) is 1.41. The number of pyridine rings is 1. The molecule has 2 N–H and O–H groups in total. The largest absolute Gasteiger partial charge is 0.483 e. The lowest BCUT2D eigenvalue weighted by atomic mass is 10.2. The van der Waals surface area contributed by atoms with Gasteiger partial charge in [-0.05, 0) is 30.7 Å². The number of hydrogen-bond donors (Lipinski definition) is 2. The number of ether oxygens (including phenoxy) is 1. The Kier molecular flexibility index (Phi) is 4.50. The van der Waals surface area contributed by atoms with Crippen molar-refractivity contribution in [3.63, 3.8) is 0 Å². The van der Waals surface area contributed by atoms with Gasteiger partial charge in [0.05, 0.1) is 0 Å². The Morgan fingerprint density at radius 2 is 2.00 bits per heavy atom. The third-order valence-electron chi connectivity index (χ3n) is 2.75. The lowest BCUT2D eigenvalue weighted by Gasteiger charge is -2.10. The van der Waals surface area contributed by atoms with Crippen LogP contribution in [0, 0.1) is 6.92 Å². The van der Waals surface area contributed by atoms with E-state index in [2.05, 4.69) is 10.3 Å². The molecule has 1 aromatic heterocycles. The molecule has 0 unspecified atom stereocenters. The van der Waals surface area contributed by atoms with E-state index in [4.69, 9.17) is 9.84 Å². The van der Waals surface area contributed by atoms with Gasteiger partial charge in [-0.15, -0.1) is 0 Å². The second kappa shape index (κ2) is 6.51. The first-order valence-electron chi connectivity index (χ1n) is 6.24. The molecule has 0 aliphatic rings. The van der Waals surface area contributed by atoms with Crippen molar-refractivity contribution in [1.82, 2.24) is 4.98 Å². The van der Waals surface area contributed by atoms with Gasteiger partial charge in [0.15, 0.2) is 6.61 Å². The van der Waals surface area contributed by atoms with Crippen molar-refractivity contribution < 1.29 is 19.4 Å². The van der Waals surface area contributed by atoms with Crippen LogP contribution in [0.1, 0.15) is 15.9 Å². The summed E-state index contributed by atoms with van der Waals surface area (Å²) in [5.74, 6) is -1.02.